The first-order valence-corrected chi connectivity index (χ1v) is 11.0. The van der Waals surface area contributed by atoms with E-state index in [0.717, 1.165) is 11.0 Å². The van der Waals surface area contributed by atoms with Crippen molar-refractivity contribution in [1.82, 2.24) is 9.88 Å². The Hall–Kier alpha value is -2.80. The first kappa shape index (κ1) is 22.4. The summed E-state index contributed by atoms with van der Waals surface area (Å²) in [5.41, 5.74) is 0.726. The van der Waals surface area contributed by atoms with Crippen LogP contribution >= 0.6 is 35.0 Å². The zero-order chi connectivity index (χ0) is 23.0. The molecule has 0 spiro atoms. The zero-order valence-electron chi connectivity index (χ0n) is 16.6. The maximum absolute atomic E-state index is 14.0. The Morgan fingerprint density at radius 3 is 2.75 bits per heavy atom. The molecule has 2 aliphatic rings. The van der Waals surface area contributed by atoms with E-state index in [1.165, 1.54) is 48.3 Å². The number of hydrogen-bond donors (Lipinski definition) is 0. The van der Waals surface area contributed by atoms with Gasteiger partial charge in [-0.25, -0.2) is 14.1 Å². The van der Waals surface area contributed by atoms with Crippen molar-refractivity contribution in [1.29, 1.82) is 5.26 Å². The van der Waals surface area contributed by atoms with Gasteiger partial charge in [0.25, 0.3) is 5.91 Å². The van der Waals surface area contributed by atoms with Crippen LogP contribution in [0.4, 0.5) is 14.9 Å². The monoisotopic (exact) mass is 492 g/mol. The quantitative estimate of drug-likeness (QED) is 0.598. The molecule has 0 N–H and O–H groups in total. The summed E-state index contributed by atoms with van der Waals surface area (Å²) < 4.78 is 19.1. The van der Waals surface area contributed by atoms with Gasteiger partial charge in [-0.1, -0.05) is 23.2 Å². The van der Waals surface area contributed by atoms with Crippen molar-refractivity contribution >= 4 is 57.5 Å². The van der Waals surface area contributed by atoms with Crippen LogP contribution in [0.5, 0.6) is 5.75 Å². The number of nitriles is 1. The number of ether oxygens (including phenoxy) is 1. The van der Waals surface area contributed by atoms with Crippen molar-refractivity contribution in [2.24, 2.45) is 0 Å². The summed E-state index contributed by atoms with van der Waals surface area (Å²) in [7, 11) is 1.34. The van der Waals surface area contributed by atoms with E-state index in [9.17, 15) is 14.0 Å². The molecule has 1 fully saturated rings. The molecule has 0 radical (unpaired) electrons. The first-order valence-electron chi connectivity index (χ1n) is 9.39. The molecule has 2 aromatic rings. The van der Waals surface area contributed by atoms with Gasteiger partial charge in [-0.2, -0.15) is 5.26 Å². The predicted octanol–water partition coefficient (Wildman–Crippen LogP) is 4.74. The number of nitrogens with zero attached hydrogens (tertiary/aromatic N) is 4. The summed E-state index contributed by atoms with van der Waals surface area (Å²) in [4.78, 5) is 33.7. The normalized spacial score (nSPS) is 20.2. The van der Waals surface area contributed by atoms with Gasteiger partial charge in [0.1, 0.15) is 5.25 Å². The molecule has 0 saturated carbocycles. The number of rotatable bonds is 5. The van der Waals surface area contributed by atoms with Gasteiger partial charge in [0.2, 0.25) is 0 Å². The fourth-order valence-electron chi connectivity index (χ4n) is 3.62. The summed E-state index contributed by atoms with van der Waals surface area (Å²) >= 11 is 13.5. The lowest BCUT2D eigenvalue weighted by molar-refractivity contribution is -0.119. The molecule has 7 nitrogen and oxygen atoms in total. The van der Waals surface area contributed by atoms with Crippen molar-refractivity contribution in [2.45, 2.75) is 17.7 Å². The molecule has 1 saturated heterocycles. The van der Waals surface area contributed by atoms with E-state index < -0.39 is 29.0 Å². The van der Waals surface area contributed by atoms with Crippen LogP contribution in [0, 0.1) is 17.1 Å². The Bertz CT molecular complexity index is 1190. The molecule has 1 aromatic heterocycles. The zero-order valence-corrected chi connectivity index (χ0v) is 18.9. The van der Waals surface area contributed by atoms with Crippen LogP contribution in [0.1, 0.15) is 12.0 Å². The van der Waals surface area contributed by atoms with Crippen molar-refractivity contribution in [3.8, 4) is 11.8 Å². The number of carbonyl (C=O) groups is 2. The number of imide groups is 1. The van der Waals surface area contributed by atoms with Gasteiger partial charge < -0.3 is 9.64 Å². The molecule has 2 unspecified atom stereocenters. The van der Waals surface area contributed by atoms with Crippen LogP contribution in [-0.4, -0.2) is 46.8 Å². The highest BCUT2D eigenvalue weighted by Gasteiger charge is 2.49. The second kappa shape index (κ2) is 8.98. The van der Waals surface area contributed by atoms with E-state index >= 15 is 0 Å². The minimum atomic E-state index is -0.688. The number of urea groups is 1. The number of amides is 3. The Balaban J connectivity index is 1.75. The minimum Gasteiger partial charge on any atom is -0.494 e. The van der Waals surface area contributed by atoms with Gasteiger partial charge in [-0.05, 0) is 24.3 Å². The topological polar surface area (TPSA) is 86.5 Å². The fraction of sp³-hybridized carbons (Fsp3) is 0.238. The highest BCUT2D eigenvalue weighted by atomic mass is 35.5. The molecule has 0 bridgehead atoms. The van der Waals surface area contributed by atoms with Crippen LogP contribution in [0.3, 0.4) is 0 Å². The minimum absolute atomic E-state index is 0.0103. The van der Waals surface area contributed by atoms with Gasteiger partial charge in [0, 0.05) is 23.2 Å². The van der Waals surface area contributed by atoms with Crippen LogP contribution in [0.15, 0.2) is 36.7 Å². The fourth-order valence-corrected chi connectivity index (χ4v) is 5.45. The number of hydrogen-bond acceptors (Lipinski definition) is 6. The van der Waals surface area contributed by atoms with Crippen molar-refractivity contribution < 1.29 is 18.7 Å². The molecule has 1 aromatic carbocycles. The Morgan fingerprint density at radius 2 is 2.06 bits per heavy atom. The molecule has 3 heterocycles. The summed E-state index contributed by atoms with van der Waals surface area (Å²) in [6, 6.07) is 4.93. The highest BCUT2D eigenvalue weighted by Crippen LogP contribution is 2.47. The third kappa shape index (κ3) is 3.90. The number of fused-ring (bicyclic) bond motifs is 1. The third-order valence-electron chi connectivity index (χ3n) is 5.07. The largest absolute Gasteiger partial charge is 0.494 e. The average Bonchev–Trinajstić information content (AvgIpc) is 3.19. The Kier molecular flexibility index (Phi) is 6.29. The lowest BCUT2D eigenvalue weighted by Crippen LogP contribution is -2.62. The SMILES string of the molecule is COc1cc(C2=CC3C(S2)C(=O)N(c2cncc(Cl)c2)C(=O)N3CCC#N)c(Cl)cc1F. The maximum atomic E-state index is 14.0. The van der Waals surface area contributed by atoms with E-state index in [0.29, 0.717) is 10.5 Å². The van der Waals surface area contributed by atoms with Crippen molar-refractivity contribution in [2.75, 3.05) is 18.6 Å². The van der Waals surface area contributed by atoms with E-state index in [-0.39, 0.29) is 34.4 Å². The third-order valence-corrected chi connectivity index (χ3v) is 6.93. The number of halogens is 3. The summed E-state index contributed by atoms with van der Waals surface area (Å²) in [6.07, 6.45) is 4.60. The number of thioether (sulfide) groups is 1. The van der Waals surface area contributed by atoms with E-state index in [1.807, 2.05) is 6.07 Å². The highest BCUT2D eigenvalue weighted by molar-refractivity contribution is 8.09. The first-order chi connectivity index (χ1) is 15.3. The molecular formula is C21H15Cl2FN4O3S. The lowest BCUT2D eigenvalue weighted by Gasteiger charge is -2.40. The number of methoxy groups -OCH3 is 1. The van der Waals surface area contributed by atoms with Crippen LogP contribution in [0.25, 0.3) is 4.91 Å². The van der Waals surface area contributed by atoms with Crippen molar-refractivity contribution in [3.63, 3.8) is 0 Å². The van der Waals surface area contributed by atoms with Gasteiger partial charge in [0.05, 0.1) is 47.6 Å². The Morgan fingerprint density at radius 1 is 1.28 bits per heavy atom. The molecule has 3 amide bonds. The van der Waals surface area contributed by atoms with Crippen LogP contribution in [-0.2, 0) is 4.79 Å². The summed E-state index contributed by atoms with van der Waals surface area (Å²) in [5, 5.41) is 8.80. The molecule has 2 aliphatic heterocycles. The number of benzene rings is 1. The van der Waals surface area contributed by atoms with Gasteiger partial charge in [0.15, 0.2) is 11.6 Å². The summed E-state index contributed by atoms with van der Waals surface area (Å²) in [5.74, 6) is -1.04. The number of carbonyl (C=O) groups excluding carboxylic acids is 2. The molecule has 0 aliphatic carbocycles. The standard InChI is InChI=1S/C21H15Cl2FN4O3S/c1-31-17-6-13(14(23)7-15(17)24)18-8-16-19(32-18)20(29)28(12-5-11(22)9-26-10-12)21(30)27(16)4-2-3-25/h5-10,16,19H,2,4H2,1H3. The Labute approximate surface area is 197 Å². The molecule has 164 valence electrons. The molecule has 11 heteroatoms. The smallest absolute Gasteiger partial charge is 0.332 e. The van der Waals surface area contributed by atoms with E-state index in [1.54, 1.807) is 6.08 Å². The average molecular weight is 493 g/mol. The number of aromatic nitrogens is 1. The van der Waals surface area contributed by atoms with Gasteiger partial charge in [-0.3, -0.25) is 9.78 Å². The second-order valence-electron chi connectivity index (χ2n) is 6.95. The molecule has 32 heavy (non-hydrogen) atoms. The van der Waals surface area contributed by atoms with Crippen LogP contribution < -0.4 is 9.64 Å². The molecular weight excluding hydrogens is 478 g/mol. The number of anilines is 1. The number of pyridine rings is 1. The summed E-state index contributed by atoms with van der Waals surface area (Å²) in [6.45, 7) is 0.124. The molecule has 4 rings (SSSR count). The van der Waals surface area contributed by atoms with Crippen molar-refractivity contribution in [3.05, 3.63) is 58.1 Å². The second-order valence-corrected chi connectivity index (χ2v) is 8.97. The molecule has 2 atom stereocenters. The van der Waals surface area contributed by atoms with Crippen LogP contribution in [0.2, 0.25) is 10.0 Å². The lowest BCUT2D eigenvalue weighted by atomic mass is 10.0. The maximum Gasteiger partial charge on any atom is 0.332 e. The van der Waals surface area contributed by atoms with E-state index in [2.05, 4.69) is 4.98 Å². The van der Waals surface area contributed by atoms with Gasteiger partial charge in [-0.15, -0.1) is 11.8 Å². The predicted molar refractivity (Wildman–Crippen MR) is 120 cm³/mol. The van der Waals surface area contributed by atoms with E-state index in [4.69, 9.17) is 33.2 Å². The van der Waals surface area contributed by atoms with Gasteiger partial charge >= 0.3 is 6.03 Å².